The molecule has 0 saturated heterocycles. The monoisotopic (exact) mass is 381 g/mol. The molecule has 2 heterocycles. The molecule has 6 heteroatoms. The van der Waals surface area contributed by atoms with Crippen LogP contribution in [-0.4, -0.2) is 30.1 Å². The summed E-state index contributed by atoms with van der Waals surface area (Å²) in [6.45, 7) is 2.41. The van der Waals surface area contributed by atoms with E-state index in [0.717, 1.165) is 8.66 Å². The molecule has 2 aromatic rings. The highest BCUT2D eigenvalue weighted by Crippen LogP contribution is 2.34. The van der Waals surface area contributed by atoms with Crippen LogP contribution >= 0.6 is 27.3 Å². The second kappa shape index (κ2) is 6.30. The third-order valence-electron chi connectivity index (χ3n) is 3.48. The SMILES string of the molecule is C[C@@H]1Oc2ccccc2O[C@H]1C(=O)N(C)Cc1ccc(Br)s1. The van der Waals surface area contributed by atoms with E-state index in [9.17, 15) is 4.79 Å². The van der Waals surface area contributed by atoms with Gasteiger partial charge in [0.2, 0.25) is 6.10 Å². The molecule has 1 aromatic heterocycles. The molecule has 1 aliphatic heterocycles. The molecule has 0 unspecified atom stereocenters. The van der Waals surface area contributed by atoms with E-state index >= 15 is 0 Å². The van der Waals surface area contributed by atoms with E-state index in [1.54, 1.807) is 23.3 Å². The van der Waals surface area contributed by atoms with E-state index in [1.165, 1.54) is 0 Å². The lowest BCUT2D eigenvalue weighted by atomic mass is 10.1. The summed E-state index contributed by atoms with van der Waals surface area (Å²) < 4.78 is 12.7. The number of amides is 1. The molecule has 22 heavy (non-hydrogen) atoms. The molecule has 1 amide bonds. The summed E-state index contributed by atoms with van der Waals surface area (Å²) in [4.78, 5) is 15.4. The van der Waals surface area contributed by atoms with Crippen molar-refractivity contribution in [2.45, 2.75) is 25.7 Å². The van der Waals surface area contributed by atoms with Crippen molar-refractivity contribution in [2.24, 2.45) is 0 Å². The Balaban J connectivity index is 1.72. The number of hydrogen-bond acceptors (Lipinski definition) is 4. The van der Waals surface area contributed by atoms with Crippen molar-refractivity contribution in [1.29, 1.82) is 0 Å². The molecule has 0 N–H and O–H groups in total. The molecule has 3 rings (SSSR count). The first kappa shape index (κ1) is 15.4. The highest BCUT2D eigenvalue weighted by atomic mass is 79.9. The fourth-order valence-electron chi connectivity index (χ4n) is 2.36. The zero-order chi connectivity index (χ0) is 15.7. The maximum absolute atomic E-state index is 12.6. The lowest BCUT2D eigenvalue weighted by Crippen LogP contribution is -2.49. The summed E-state index contributed by atoms with van der Waals surface area (Å²) in [6.07, 6.45) is -0.941. The average molecular weight is 382 g/mol. The second-order valence-corrected chi connectivity index (χ2v) is 7.76. The van der Waals surface area contributed by atoms with Gasteiger partial charge in [0.25, 0.3) is 5.91 Å². The number of rotatable bonds is 3. The van der Waals surface area contributed by atoms with Gasteiger partial charge in [0.1, 0.15) is 6.10 Å². The summed E-state index contributed by atoms with van der Waals surface area (Å²) in [5.41, 5.74) is 0. The highest BCUT2D eigenvalue weighted by Gasteiger charge is 2.35. The Hall–Kier alpha value is -1.53. The largest absolute Gasteiger partial charge is 0.482 e. The Kier molecular flexibility index (Phi) is 4.40. The van der Waals surface area contributed by atoms with E-state index in [1.807, 2.05) is 43.3 Å². The predicted molar refractivity (Wildman–Crippen MR) is 89.4 cm³/mol. The van der Waals surface area contributed by atoms with Gasteiger partial charge in [-0.1, -0.05) is 12.1 Å². The highest BCUT2D eigenvalue weighted by molar-refractivity contribution is 9.11. The standard InChI is InChI=1S/C16H16BrNO3S/c1-10-15(21-13-6-4-3-5-12(13)20-10)16(19)18(2)9-11-7-8-14(17)22-11/h3-8,10,15H,9H2,1-2H3/t10-,15+/m0/s1. The maximum atomic E-state index is 12.6. The van der Waals surface area contributed by atoms with Gasteiger partial charge < -0.3 is 14.4 Å². The summed E-state index contributed by atoms with van der Waals surface area (Å²) in [6, 6.07) is 11.4. The molecule has 0 spiro atoms. The van der Waals surface area contributed by atoms with Gasteiger partial charge in [0.05, 0.1) is 10.3 Å². The Morgan fingerprint density at radius 3 is 2.55 bits per heavy atom. The molecular weight excluding hydrogens is 366 g/mol. The minimum Gasteiger partial charge on any atom is -0.482 e. The van der Waals surface area contributed by atoms with Crippen molar-refractivity contribution in [2.75, 3.05) is 7.05 Å². The normalized spacial score (nSPS) is 19.8. The molecule has 0 radical (unpaired) electrons. The Labute approximate surface area is 141 Å². The first-order valence-corrected chi connectivity index (χ1v) is 8.57. The number of ether oxygens (including phenoxy) is 2. The van der Waals surface area contributed by atoms with Crippen molar-refractivity contribution in [1.82, 2.24) is 4.90 Å². The third-order valence-corrected chi connectivity index (χ3v) is 5.09. The summed E-state index contributed by atoms with van der Waals surface area (Å²) in [5.74, 6) is 1.22. The number of fused-ring (bicyclic) bond motifs is 1. The molecular formula is C16H16BrNO3S. The van der Waals surface area contributed by atoms with Crippen LogP contribution in [0.15, 0.2) is 40.2 Å². The molecule has 0 fully saturated rings. The molecule has 116 valence electrons. The Morgan fingerprint density at radius 2 is 1.91 bits per heavy atom. The topological polar surface area (TPSA) is 38.8 Å². The number of para-hydroxylation sites is 2. The molecule has 2 atom stereocenters. The lowest BCUT2D eigenvalue weighted by molar-refractivity contribution is -0.143. The van der Waals surface area contributed by atoms with Gasteiger partial charge in [-0.25, -0.2) is 0 Å². The van der Waals surface area contributed by atoms with Crippen LogP contribution in [0.2, 0.25) is 0 Å². The van der Waals surface area contributed by atoms with Crippen LogP contribution in [0.4, 0.5) is 0 Å². The number of carbonyl (C=O) groups is 1. The quantitative estimate of drug-likeness (QED) is 0.813. The summed E-state index contributed by atoms with van der Waals surface area (Å²) in [5, 5.41) is 0. The number of likely N-dealkylation sites (N-methyl/N-ethyl adjacent to an activating group) is 1. The Bertz CT molecular complexity index is 688. The van der Waals surface area contributed by atoms with E-state index < -0.39 is 6.10 Å². The number of halogens is 1. The van der Waals surface area contributed by atoms with Crippen LogP contribution in [-0.2, 0) is 11.3 Å². The van der Waals surface area contributed by atoms with Crippen LogP contribution in [0.1, 0.15) is 11.8 Å². The van der Waals surface area contributed by atoms with E-state index in [-0.39, 0.29) is 12.0 Å². The van der Waals surface area contributed by atoms with Crippen molar-refractivity contribution in [3.05, 3.63) is 45.1 Å². The summed E-state index contributed by atoms with van der Waals surface area (Å²) in [7, 11) is 1.78. The molecule has 1 aliphatic rings. The molecule has 0 saturated carbocycles. The smallest absolute Gasteiger partial charge is 0.267 e. The molecule has 1 aromatic carbocycles. The van der Waals surface area contributed by atoms with Crippen molar-refractivity contribution < 1.29 is 14.3 Å². The van der Waals surface area contributed by atoms with Gasteiger partial charge in [-0.3, -0.25) is 4.79 Å². The van der Waals surface area contributed by atoms with E-state index in [4.69, 9.17) is 9.47 Å². The van der Waals surface area contributed by atoms with E-state index in [0.29, 0.717) is 18.0 Å². The van der Waals surface area contributed by atoms with Crippen LogP contribution < -0.4 is 9.47 Å². The van der Waals surface area contributed by atoms with Gasteiger partial charge in [-0.2, -0.15) is 0 Å². The first-order valence-electron chi connectivity index (χ1n) is 6.96. The van der Waals surface area contributed by atoms with Gasteiger partial charge in [-0.15, -0.1) is 11.3 Å². The second-order valence-electron chi connectivity index (χ2n) is 5.21. The van der Waals surface area contributed by atoms with Gasteiger partial charge in [0.15, 0.2) is 11.5 Å². The maximum Gasteiger partial charge on any atom is 0.267 e. The fraction of sp³-hybridized carbons (Fsp3) is 0.312. The number of thiophene rings is 1. The van der Waals surface area contributed by atoms with Gasteiger partial charge >= 0.3 is 0 Å². The van der Waals surface area contributed by atoms with Crippen LogP contribution in [0.3, 0.4) is 0 Å². The fourth-order valence-corrected chi connectivity index (χ4v) is 3.89. The third kappa shape index (κ3) is 3.13. The zero-order valence-electron chi connectivity index (χ0n) is 12.3. The lowest BCUT2D eigenvalue weighted by Gasteiger charge is -2.33. The minimum atomic E-state index is -0.622. The van der Waals surface area contributed by atoms with Crippen molar-refractivity contribution >= 4 is 33.2 Å². The van der Waals surface area contributed by atoms with Crippen LogP contribution in [0.5, 0.6) is 11.5 Å². The summed E-state index contributed by atoms with van der Waals surface area (Å²) >= 11 is 5.05. The number of hydrogen-bond donors (Lipinski definition) is 0. The molecule has 0 bridgehead atoms. The van der Waals surface area contributed by atoms with Crippen LogP contribution in [0, 0.1) is 0 Å². The number of benzene rings is 1. The van der Waals surface area contributed by atoms with Crippen LogP contribution in [0.25, 0.3) is 0 Å². The zero-order valence-corrected chi connectivity index (χ0v) is 14.7. The van der Waals surface area contributed by atoms with Crippen molar-refractivity contribution in [3.8, 4) is 11.5 Å². The van der Waals surface area contributed by atoms with Gasteiger partial charge in [0, 0.05) is 11.9 Å². The molecule has 0 aliphatic carbocycles. The minimum absolute atomic E-state index is 0.0773. The Morgan fingerprint density at radius 1 is 1.23 bits per heavy atom. The predicted octanol–water partition coefficient (Wildman–Crippen LogP) is 3.70. The number of nitrogens with zero attached hydrogens (tertiary/aromatic N) is 1. The van der Waals surface area contributed by atoms with Crippen molar-refractivity contribution in [3.63, 3.8) is 0 Å². The van der Waals surface area contributed by atoms with E-state index in [2.05, 4.69) is 15.9 Å². The average Bonchev–Trinajstić information content (AvgIpc) is 2.91. The molecule has 4 nitrogen and oxygen atoms in total. The van der Waals surface area contributed by atoms with Gasteiger partial charge in [-0.05, 0) is 47.1 Å². The first-order chi connectivity index (χ1) is 10.5. The number of carbonyl (C=O) groups excluding carboxylic acids is 1.